The Balaban J connectivity index is 1.32. The van der Waals surface area contributed by atoms with Gasteiger partial charge in [0.05, 0.1) is 17.3 Å². The molecule has 1 unspecified atom stereocenters. The van der Waals surface area contributed by atoms with E-state index in [1.165, 1.54) is 17.0 Å². The second kappa shape index (κ2) is 9.68. The lowest BCUT2D eigenvalue weighted by Crippen LogP contribution is -2.49. The van der Waals surface area contributed by atoms with E-state index in [1.54, 1.807) is 23.5 Å². The number of carbonyl (C=O) groups excluding carboxylic acids is 1. The Kier molecular flexibility index (Phi) is 6.48. The van der Waals surface area contributed by atoms with Gasteiger partial charge in [-0.05, 0) is 43.2 Å². The lowest BCUT2D eigenvalue weighted by atomic mass is 9.95. The van der Waals surface area contributed by atoms with Gasteiger partial charge in [-0.1, -0.05) is 37.3 Å². The van der Waals surface area contributed by atoms with Gasteiger partial charge < -0.3 is 4.90 Å². The Morgan fingerprint density at radius 2 is 1.76 bits per heavy atom. The number of halogens is 1. The van der Waals surface area contributed by atoms with Crippen LogP contribution in [0.25, 0.3) is 16.2 Å². The van der Waals surface area contributed by atoms with E-state index in [2.05, 4.69) is 29.3 Å². The number of nitrogens with zero attached hydrogens (tertiary/aromatic N) is 4. The highest BCUT2D eigenvalue weighted by Gasteiger charge is 2.28. The standard InChI is InChI=1S/C27H29FN4OS/c1-3-23(20-7-5-4-6-8-20)26(33)31-15-13-30(14-16-31)18-24-25(21-9-11-22(28)12-10-21)29-27-32(24)17-19(2)34-27/h4-12,17,23H,3,13-16,18H2,1-2H3. The van der Waals surface area contributed by atoms with Crippen molar-refractivity contribution in [2.24, 2.45) is 0 Å². The molecule has 0 bridgehead atoms. The maximum absolute atomic E-state index is 13.5. The molecule has 0 radical (unpaired) electrons. The molecule has 1 amide bonds. The van der Waals surface area contributed by atoms with E-state index in [0.717, 1.165) is 66.6 Å². The van der Waals surface area contributed by atoms with Crippen molar-refractivity contribution in [1.29, 1.82) is 0 Å². The lowest BCUT2D eigenvalue weighted by molar-refractivity contribution is -0.134. The Hall–Kier alpha value is -3.03. The van der Waals surface area contributed by atoms with Crippen LogP contribution in [0.3, 0.4) is 0 Å². The summed E-state index contributed by atoms with van der Waals surface area (Å²) in [5.41, 5.74) is 4.03. The molecule has 2 aromatic carbocycles. The van der Waals surface area contributed by atoms with Crippen molar-refractivity contribution < 1.29 is 9.18 Å². The molecule has 2 aromatic heterocycles. The number of aryl methyl sites for hydroxylation is 1. The SMILES string of the molecule is CCC(C(=O)N1CCN(Cc2c(-c3ccc(F)cc3)nc3sc(C)cn23)CC1)c1ccccc1. The number of imidazole rings is 1. The van der Waals surface area contributed by atoms with Gasteiger partial charge in [-0.2, -0.15) is 0 Å². The van der Waals surface area contributed by atoms with Gasteiger partial charge in [0.2, 0.25) is 5.91 Å². The van der Waals surface area contributed by atoms with Crippen LogP contribution in [0.15, 0.2) is 60.8 Å². The first-order chi connectivity index (χ1) is 16.5. The molecule has 3 heterocycles. The first kappa shape index (κ1) is 22.7. The molecular weight excluding hydrogens is 447 g/mol. The molecule has 176 valence electrons. The van der Waals surface area contributed by atoms with Gasteiger partial charge in [0.15, 0.2) is 4.96 Å². The van der Waals surface area contributed by atoms with Gasteiger partial charge in [-0.25, -0.2) is 9.37 Å². The van der Waals surface area contributed by atoms with Crippen LogP contribution in [0.5, 0.6) is 0 Å². The van der Waals surface area contributed by atoms with E-state index in [0.29, 0.717) is 0 Å². The summed E-state index contributed by atoms with van der Waals surface area (Å²) in [6.07, 6.45) is 2.93. The van der Waals surface area contributed by atoms with Crippen LogP contribution in [-0.2, 0) is 11.3 Å². The smallest absolute Gasteiger partial charge is 0.230 e. The van der Waals surface area contributed by atoms with Crippen molar-refractivity contribution in [3.8, 4) is 11.3 Å². The lowest BCUT2D eigenvalue weighted by Gasteiger charge is -2.36. The number of aromatic nitrogens is 2. The zero-order chi connectivity index (χ0) is 23.7. The van der Waals surface area contributed by atoms with Crippen molar-refractivity contribution >= 4 is 22.2 Å². The average Bonchev–Trinajstić information content (AvgIpc) is 3.38. The van der Waals surface area contributed by atoms with E-state index in [-0.39, 0.29) is 17.6 Å². The zero-order valence-corrected chi connectivity index (χ0v) is 20.4. The molecule has 1 fully saturated rings. The molecule has 34 heavy (non-hydrogen) atoms. The number of thiazole rings is 1. The quantitative estimate of drug-likeness (QED) is 0.377. The molecule has 0 spiro atoms. The van der Waals surface area contributed by atoms with Gasteiger partial charge in [0, 0.05) is 49.4 Å². The highest BCUT2D eigenvalue weighted by molar-refractivity contribution is 7.17. The van der Waals surface area contributed by atoms with Crippen molar-refractivity contribution in [2.45, 2.75) is 32.7 Å². The summed E-state index contributed by atoms with van der Waals surface area (Å²) in [7, 11) is 0. The fourth-order valence-corrected chi connectivity index (χ4v) is 5.63. The molecule has 1 atom stereocenters. The largest absolute Gasteiger partial charge is 0.340 e. The van der Waals surface area contributed by atoms with Crippen LogP contribution in [0.2, 0.25) is 0 Å². The normalized spacial score (nSPS) is 15.7. The highest BCUT2D eigenvalue weighted by atomic mass is 32.1. The fraction of sp³-hybridized carbons (Fsp3) is 0.333. The Morgan fingerprint density at radius 3 is 2.44 bits per heavy atom. The topological polar surface area (TPSA) is 40.9 Å². The number of amides is 1. The van der Waals surface area contributed by atoms with E-state index in [9.17, 15) is 9.18 Å². The molecule has 5 nitrogen and oxygen atoms in total. The van der Waals surface area contributed by atoms with Gasteiger partial charge in [0.25, 0.3) is 0 Å². The Morgan fingerprint density at radius 1 is 1.06 bits per heavy atom. The van der Waals surface area contributed by atoms with Crippen molar-refractivity contribution in [3.05, 3.63) is 82.7 Å². The summed E-state index contributed by atoms with van der Waals surface area (Å²) in [6.45, 7) is 7.98. The molecule has 1 aliphatic heterocycles. The van der Waals surface area contributed by atoms with Crippen molar-refractivity contribution in [2.75, 3.05) is 26.2 Å². The predicted molar refractivity (Wildman–Crippen MR) is 135 cm³/mol. The van der Waals surface area contributed by atoms with Crippen LogP contribution in [0, 0.1) is 12.7 Å². The van der Waals surface area contributed by atoms with Crippen LogP contribution in [-0.4, -0.2) is 51.3 Å². The molecule has 1 saturated heterocycles. The fourth-order valence-electron chi connectivity index (χ4n) is 4.79. The highest BCUT2D eigenvalue weighted by Crippen LogP contribution is 2.30. The first-order valence-electron chi connectivity index (χ1n) is 11.8. The third kappa shape index (κ3) is 4.50. The molecule has 7 heteroatoms. The molecule has 0 N–H and O–H groups in total. The second-order valence-corrected chi connectivity index (χ2v) is 10.1. The average molecular weight is 477 g/mol. The van der Waals surface area contributed by atoms with Crippen LogP contribution < -0.4 is 0 Å². The Bertz CT molecular complexity index is 1270. The Labute approximate surface area is 203 Å². The third-order valence-electron chi connectivity index (χ3n) is 6.62. The van der Waals surface area contributed by atoms with E-state index >= 15 is 0 Å². The zero-order valence-electron chi connectivity index (χ0n) is 19.6. The number of piperazine rings is 1. The van der Waals surface area contributed by atoms with Crippen LogP contribution in [0.4, 0.5) is 4.39 Å². The monoisotopic (exact) mass is 476 g/mol. The van der Waals surface area contributed by atoms with Crippen LogP contribution in [0.1, 0.15) is 35.4 Å². The number of hydrogen-bond acceptors (Lipinski definition) is 4. The number of fused-ring (bicyclic) bond motifs is 1. The summed E-state index contributed by atoms with van der Waals surface area (Å²) >= 11 is 1.66. The number of hydrogen-bond donors (Lipinski definition) is 0. The van der Waals surface area contributed by atoms with Gasteiger partial charge >= 0.3 is 0 Å². The summed E-state index contributed by atoms with van der Waals surface area (Å²) in [4.78, 5) is 24.7. The maximum Gasteiger partial charge on any atom is 0.230 e. The van der Waals surface area contributed by atoms with Gasteiger partial charge in [0.1, 0.15) is 5.82 Å². The molecule has 0 aliphatic carbocycles. The summed E-state index contributed by atoms with van der Waals surface area (Å²) < 4.78 is 15.7. The van der Waals surface area contributed by atoms with E-state index in [4.69, 9.17) is 4.98 Å². The van der Waals surface area contributed by atoms with Crippen LogP contribution >= 0.6 is 11.3 Å². The first-order valence-corrected chi connectivity index (χ1v) is 12.6. The second-order valence-electron chi connectivity index (χ2n) is 8.88. The predicted octanol–water partition coefficient (Wildman–Crippen LogP) is 5.35. The molecule has 5 rings (SSSR count). The molecule has 1 aliphatic rings. The minimum atomic E-state index is -0.246. The summed E-state index contributed by atoms with van der Waals surface area (Å²) in [5.74, 6) is -0.106. The van der Waals surface area contributed by atoms with Gasteiger partial charge in [-0.3, -0.25) is 14.1 Å². The van der Waals surface area contributed by atoms with E-state index < -0.39 is 0 Å². The summed E-state index contributed by atoms with van der Waals surface area (Å²) in [5, 5.41) is 0. The van der Waals surface area contributed by atoms with Crippen molar-refractivity contribution in [3.63, 3.8) is 0 Å². The molecule has 4 aromatic rings. The number of carbonyl (C=O) groups is 1. The third-order valence-corrected chi connectivity index (χ3v) is 7.52. The number of rotatable bonds is 6. The van der Waals surface area contributed by atoms with E-state index in [1.807, 2.05) is 35.2 Å². The maximum atomic E-state index is 13.5. The van der Waals surface area contributed by atoms with Gasteiger partial charge in [-0.15, -0.1) is 11.3 Å². The number of benzene rings is 2. The molecular formula is C27H29FN4OS. The van der Waals surface area contributed by atoms with Crippen molar-refractivity contribution in [1.82, 2.24) is 19.2 Å². The summed E-state index contributed by atoms with van der Waals surface area (Å²) in [6, 6.07) is 16.6. The minimum absolute atomic E-state index is 0.0823. The minimum Gasteiger partial charge on any atom is -0.340 e. The molecule has 0 saturated carbocycles.